The predicted octanol–water partition coefficient (Wildman–Crippen LogP) is 3.17. The molecule has 4 nitrogen and oxygen atoms in total. The Balaban J connectivity index is 1.50. The molecule has 5 rings (SSSR count). The van der Waals surface area contributed by atoms with Crippen molar-refractivity contribution < 1.29 is 19.1 Å². The first-order valence-electron chi connectivity index (χ1n) is 9.65. The van der Waals surface area contributed by atoms with Gasteiger partial charge < -0.3 is 4.74 Å². The van der Waals surface area contributed by atoms with Gasteiger partial charge in [0.05, 0.1) is 12.2 Å². The predicted molar refractivity (Wildman–Crippen MR) is 94.5 cm³/mol. The van der Waals surface area contributed by atoms with Crippen LogP contribution in [0.4, 0.5) is 0 Å². The first kappa shape index (κ1) is 16.0. The highest BCUT2D eigenvalue weighted by Gasteiger charge is 2.68. The Morgan fingerprint density at radius 2 is 1.77 bits per heavy atom. The fourth-order valence-electron chi connectivity index (χ4n) is 6.13. The van der Waals surface area contributed by atoms with Gasteiger partial charge in [0, 0.05) is 23.7 Å². The molecular formula is C22H22O4. The number of esters is 1. The Morgan fingerprint density at radius 3 is 2.54 bits per heavy atom. The van der Waals surface area contributed by atoms with Crippen molar-refractivity contribution in [3.05, 3.63) is 47.5 Å². The summed E-state index contributed by atoms with van der Waals surface area (Å²) in [6, 6.07) is 7.52. The highest BCUT2D eigenvalue weighted by Crippen LogP contribution is 2.66. The number of rotatable bonds is 4. The fourth-order valence-corrected chi connectivity index (χ4v) is 6.13. The second-order valence-corrected chi connectivity index (χ2v) is 8.09. The number of ether oxygens (including phenoxy) is 1. The van der Waals surface area contributed by atoms with Crippen molar-refractivity contribution in [2.24, 2.45) is 35.5 Å². The number of fused-ring (bicyclic) bond motifs is 9. The normalized spacial score (nSPS) is 38.9. The monoisotopic (exact) mass is 350 g/mol. The molecule has 0 aliphatic heterocycles. The lowest BCUT2D eigenvalue weighted by Gasteiger charge is -2.35. The van der Waals surface area contributed by atoms with E-state index in [-0.39, 0.29) is 47.4 Å². The van der Waals surface area contributed by atoms with E-state index in [9.17, 15) is 14.4 Å². The second-order valence-electron chi connectivity index (χ2n) is 8.09. The van der Waals surface area contributed by atoms with Crippen LogP contribution < -0.4 is 0 Å². The quantitative estimate of drug-likeness (QED) is 0.475. The molecular weight excluding hydrogens is 328 g/mol. The van der Waals surface area contributed by atoms with Crippen molar-refractivity contribution in [1.82, 2.24) is 0 Å². The number of benzene rings is 1. The minimum absolute atomic E-state index is 0.0275. The minimum atomic E-state index is -0.307. The molecule has 0 N–H and O–H groups in total. The van der Waals surface area contributed by atoms with Crippen molar-refractivity contribution in [1.29, 1.82) is 0 Å². The van der Waals surface area contributed by atoms with E-state index < -0.39 is 0 Å². The summed E-state index contributed by atoms with van der Waals surface area (Å²) in [5.41, 5.74) is 1.50. The van der Waals surface area contributed by atoms with Gasteiger partial charge in [0.1, 0.15) is 11.6 Å². The van der Waals surface area contributed by atoms with Crippen LogP contribution in [-0.4, -0.2) is 24.1 Å². The average Bonchev–Trinajstić information content (AvgIpc) is 3.36. The van der Waals surface area contributed by atoms with Crippen LogP contribution in [0.2, 0.25) is 0 Å². The van der Waals surface area contributed by atoms with Gasteiger partial charge in [-0.05, 0) is 42.2 Å². The lowest BCUT2D eigenvalue weighted by Crippen LogP contribution is -2.31. The molecule has 134 valence electrons. The van der Waals surface area contributed by atoms with Crippen LogP contribution in [0.3, 0.4) is 0 Å². The Bertz CT molecular complexity index is 838. The topological polar surface area (TPSA) is 60.4 Å². The van der Waals surface area contributed by atoms with Gasteiger partial charge in [0.2, 0.25) is 0 Å². The molecule has 4 heteroatoms. The van der Waals surface area contributed by atoms with Crippen LogP contribution in [0.25, 0.3) is 0 Å². The summed E-state index contributed by atoms with van der Waals surface area (Å²) in [5.74, 6) is 0.372. The molecule has 0 radical (unpaired) electrons. The number of Topliss-reactive ketones (excluding diaryl/α,β-unsaturated/α-hetero) is 2. The standard InChI is InChI=1S/C22H22O4/c1-2-9-26-22(25)12-6-4-3-5-11(12)15-10-16-17-13-7-8-14(20(13)23)18(17)19(15)21(16)24/h3-8,13-19H,2,9-10H2,1H3. The van der Waals surface area contributed by atoms with Gasteiger partial charge in [0.25, 0.3) is 0 Å². The van der Waals surface area contributed by atoms with E-state index in [1.807, 2.05) is 37.3 Å². The van der Waals surface area contributed by atoms with Crippen LogP contribution >= 0.6 is 0 Å². The first-order valence-corrected chi connectivity index (χ1v) is 9.65. The molecule has 0 amide bonds. The van der Waals surface area contributed by atoms with E-state index in [4.69, 9.17) is 4.74 Å². The molecule has 4 bridgehead atoms. The van der Waals surface area contributed by atoms with Gasteiger partial charge >= 0.3 is 5.97 Å². The summed E-state index contributed by atoms with van der Waals surface area (Å²) in [4.78, 5) is 38.0. The molecule has 1 aromatic rings. The third kappa shape index (κ3) is 1.93. The highest BCUT2D eigenvalue weighted by molar-refractivity contribution is 6.00. The zero-order valence-corrected chi connectivity index (χ0v) is 14.8. The van der Waals surface area contributed by atoms with Crippen LogP contribution in [0, 0.1) is 35.5 Å². The fraction of sp³-hybridized carbons (Fsp3) is 0.500. The average molecular weight is 350 g/mol. The van der Waals surface area contributed by atoms with Gasteiger partial charge in [-0.15, -0.1) is 0 Å². The van der Waals surface area contributed by atoms with Crippen molar-refractivity contribution in [3.63, 3.8) is 0 Å². The van der Waals surface area contributed by atoms with Crippen molar-refractivity contribution in [3.8, 4) is 0 Å². The van der Waals surface area contributed by atoms with E-state index in [1.165, 1.54) is 0 Å². The molecule has 0 saturated heterocycles. The number of hydrogen-bond donors (Lipinski definition) is 0. The van der Waals surface area contributed by atoms with Gasteiger partial charge in [-0.2, -0.15) is 0 Å². The minimum Gasteiger partial charge on any atom is -0.462 e. The molecule has 0 spiro atoms. The van der Waals surface area contributed by atoms with Crippen LogP contribution in [-0.2, 0) is 14.3 Å². The van der Waals surface area contributed by atoms with E-state index in [0.29, 0.717) is 23.7 Å². The molecule has 3 saturated carbocycles. The maximum absolute atomic E-state index is 13.0. The summed E-state index contributed by atoms with van der Waals surface area (Å²) in [6.07, 6.45) is 5.57. The molecule has 0 aromatic heterocycles. The molecule has 7 unspecified atom stereocenters. The maximum Gasteiger partial charge on any atom is 0.338 e. The largest absolute Gasteiger partial charge is 0.462 e. The zero-order valence-electron chi connectivity index (χ0n) is 14.8. The zero-order chi connectivity index (χ0) is 18.0. The van der Waals surface area contributed by atoms with Crippen LogP contribution in [0.5, 0.6) is 0 Å². The summed E-state index contributed by atoms with van der Waals surface area (Å²) in [6.45, 7) is 2.37. The van der Waals surface area contributed by atoms with Crippen molar-refractivity contribution in [2.75, 3.05) is 6.61 Å². The van der Waals surface area contributed by atoms with E-state index >= 15 is 0 Å². The maximum atomic E-state index is 13.0. The van der Waals surface area contributed by atoms with Crippen LogP contribution in [0.15, 0.2) is 36.4 Å². The number of allylic oxidation sites excluding steroid dienone is 2. The second kappa shape index (κ2) is 5.63. The van der Waals surface area contributed by atoms with E-state index in [0.717, 1.165) is 18.4 Å². The number of carbonyl (C=O) groups is 3. The molecule has 7 atom stereocenters. The molecule has 0 heterocycles. The summed E-state index contributed by atoms with van der Waals surface area (Å²) in [5, 5.41) is 0. The number of hydrogen-bond acceptors (Lipinski definition) is 4. The Labute approximate surface area is 152 Å². The molecule has 4 aliphatic rings. The lowest BCUT2D eigenvalue weighted by molar-refractivity contribution is -0.125. The third-order valence-corrected chi connectivity index (χ3v) is 6.99. The molecule has 3 fully saturated rings. The third-order valence-electron chi connectivity index (χ3n) is 6.99. The summed E-state index contributed by atoms with van der Waals surface area (Å²) >= 11 is 0. The number of carbonyl (C=O) groups excluding carboxylic acids is 3. The van der Waals surface area contributed by atoms with Crippen LogP contribution in [0.1, 0.15) is 41.6 Å². The smallest absolute Gasteiger partial charge is 0.338 e. The Kier molecular flexibility index (Phi) is 3.46. The highest BCUT2D eigenvalue weighted by atomic mass is 16.5. The number of ketones is 2. The van der Waals surface area contributed by atoms with E-state index in [1.54, 1.807) is 6.07 Å². The molecule has 1 aromatic carbocycles. The van der Waals surface area contributed by atoms with Crippen molar-refractivity contribution in [2.45, 2.75) is 25.7 Å². The summed E-state index contributed by atoms with van der Waals surface area (Å²) in [7, 11) is 0. The molecule has 26 heavy (non-hydrogen) atoms. The Hall–Kier alpha value is -2.23. The summed E-state index contributed by atoms with van der Waals surface area (Å²) < 4.78 is 5.35. The van der Waals surface area contributed by atoms with Gasteiger partial charge in [-0.1, -0.05) is 37.3 Å². The molecule has 4 aliphatic carbocycles. The lowest BCUT2D eigenvalue weighted by atomic mass is 9.67. The van der Waals surface area contributed by atoms with Gasteiger partial charge in [-0.25, -0.2) is 4.79 Å². The van der Waals surface area contributed by atoms with Crippen molar-refractivity contribution >= 4 is 17.5 Å². The Morgan fingerprint density at radius 1 is 1.04 bits per heavy atom. The van der Waals surface area contributed by atoms with E-state index in [2.05, 4.69) is 0 Å². The van der Waals surface area contributed by atoms with Gasteiger partial charge in [0.15, 0.2) is 0 Å². The van der Waals surface area contributed by atoms with Gasteiger partial charge in [-0.3, -0.25) is 9.59 Å². The SMILES string of the molecule is CCCOC(=O)c1ccccc1C1CC2C(=O)C1C1C3C=CC(C3=O)C21. The first-order chi connectivity index (χ1) is 12.6.